The number of amides is 2. The lowest BCUT2D eigenvalue weighted by molar-refractivity contribution is 0.0334. The summed E-state index contributed by atoms with van der Waals surface area (Å²) in [6, 6.07) is 8.96. The highest BCUT2D eigenvalue weighted by molar-refractivity contribution is 5.99. The molecule has 0 aliphatic rings. The van der Waals surface area contributed by atoms with Crippen LogP contribution in [-0.4, -0.2) is 36.2 Å². The monoisotopic (exact) mass is 374 g/mol. The second-order valence-electron chi connectivity index (χ2n) is 6.76. The Bertz CT molecular complexity index is 856. The predicted molar refractivity (Wildman–Crippen MR) is 101 cm³/mol. The highest BCUT2D eigenvalue weighted by Gasteiger charge is 2.23. The van der Waals surface area contributed by atoms with Crippen molar-refractivity contribution in [3.8, 4) is 0 Å². The molecular weight excluding hydrogens is 350 g/mol. The lowest BCUT2D eigenvalue weighted by Gasteiger charge is -2.17. The van der Waals surface area contributed by atoms with Crippen molar-refractivity contribution in [2.45, 2.75) is 33.6 Å². The first kappa shape index (κ1) is 20.6. The topological polar surface area (TPSA) is 40.6 Å². The number of carbonyl (C=O) groups excluding carboxylic acids is 2. The Morgan fingerprint density at radius 3 is 1.70 bits per heavy atom. The fourth-order valence-corrected chi connectivity index (χ4v) is 3.25. The minimum Gasteiger partial charge on any atom is -0.266 e. The Labute approximate surface area is 158 Å². The molecule has 0 unspecified atom stereocenters. The predicted octanol–water partition coefficient (Wildman–Crippen LogP) is 4.37. The smallest absolute Gasteiger partial charge is 0.266 e. The van der Waals surface area contributed by atoms with Gasteiger partial charge in [0.15, 0.2) is 0 Å². The van der Waals surface area contributed by atoms with E-state index in [-0.39, 0.29) is 21.4 Å². The first-order chi connectivity index (χ1) is 12.6. The Morgan fingerprint density at radius 2 is 1.26 bits per heavy atom. The third-order valence-electron chi connectivity index (χ3n) is 4.41. The van der Waals surface area contributed by atoms with Gasteiger partial charge in [0.25, 0.3) is 11.8 Å². The number of benzene rings is 2. The summed E-state index contributed by atoms with van der Waals surface area (Å²) in [6.45, 7) is 5.72. The Kier molecular flexibility index (Phi) is 6.31. The van der Waals surface area contributed by atoms with Crippen LogP contribution in [-0.2, 0) is 12.8 Å². The van der Waals surface area contributed by atoms with Crippen molar-refractivity contribution in [2.75, 3.05) is 14.1 Å². The quantitative estimate of drug-likeness (QED) is 0.729. The van der Waals surface area contributed by atoms with E-state index in [1.807, 2.05) is 32.0 Å². The van der Waals surface area contributed by atoms with Gasteiger partial charge in [-0.3, -0.25) is 9.59 Å². The van der Waals surface area contributed by atoms with Crippen molar-refractivity contribution in [3.63, 3.8) is 0 Å². The molecule has 144 valence electrons. The van der Waals surface area contributed by atoms with Gasteiger partial charge < -0.3 is 0 Å². The van der Waals surface area contributed by atoms with Crippen LogP contribution in [0.25, 0.3) is 0 Å². The van der Waals surface area contributed by atoms with Gasteiger partial charge in [-0.25, -0.2) is 0 Å². The third kappa shape index (κ3) is 4.70. The van der Waals surface area contributed by atoms with E-state index in [4.69, 9.17) is 0 Å². The summed E-state index contributed by atoms with van der Waals surface area (Å²) in [5.74, 6) is -1.59. The Hall–Kier alpha value is -2.76. The van der Waals surface area contributed by atoms with Gasteiger partial charge in [-0.15, -0.1) is 0 Å². The number of aryl methyl sites for hydroxylation is 3. The average molecular weight is 374 g/mol. The lowest BCUT2D eigenvalue weighted by Crippen LogP contribution is -2.23. The van der Waals surface area contributed by atoms with Crippen LogP contribution < -0.4 is 0 Å². The van der Waals surface area contributed by atoms with E-state index >= 15 is 0 Å². The zero-order valence-electron chi connectivity index (χ0n) is 16.3. The number of nitrogens with zero attached hydrogens (tertiary/aromatic N) is 2. The van der Waals surface area contributed by atoms with Crippen LogP contribution in [0.3, 0.4) is 0 Å². The van der Waals surface area contributed by atoms with Crippen molar-refractivity contribution in [1.29, 1.82) is 0 Å². The van der Waals surface area contributed by atoms with Crippen LogP contribution in [0.15, 0.2) is 30.3 Å². The van der Waals surface area contributed by atoms with Gasteiger partial charge in [-0.05, 0) is 55.5 Å². The van der Waals surface area contributed by atoms with Gasteiger partial charge in [0.1, 0.15) is 0 Å². The number of hydrogen-bond donors (Lipinski definition) is 0. The molecule has 0 bridgehead atoms. The van der Waals surface area contributed by atoms with Crippen LogP contribution in [0.2, 0.25) is 0 Å². The van der Waals surface area contributed by atoms with Crippen molar-refractivity contribution in [2.24, 2.45) is 0 Å². The van der Waals surface area contributed by atoms with E-state index in [2.05, 4.69) is 0 Å². The largest absolute Gasteiger partial charge is 0.281 e. The van der Waals surface area contributed by atoms with E-state index in [0.29, 0.717) is 24.0 Å². The zero-order valence-corrected chi connectivity index (χ0v) is 16.3. The molecule has 4 nitrogen and oxygen atoms in total. The molecule has 0 aliphatic carbocycles. The van der Waals surface area contributed by atoms with Crippen LogP contribution in [0.4, 0.5) is 8.96 Å². The molecule has 0 saturated carbocycles. The second-order valence-corrected chi connectivity index (χ2v) is 6.76. The van der Waals surface area contributed by atoms with E-state index < -0.39 is 11.8 Å². The molecule has 0 fully saturated rings. The molecule has 2 aromatic rings. The fourth-order valence-electron chi connectivity index (χ4n) is 3.25. The molecular formula is C21H24F2N2O2. The summed E-state index contributed by atoms with van der Waals surface area (Å²) in [5, 5.41) is 0.0282. The minimum atomic E-state index is -0.795. The van der Waals surface area contributed by atoms with Gasteiger partial charge in [0.2, 0.25) is 0 Å². The van der Waals surface area contributed by atoms with Gasteiger partial charge in [0.05, 0.1) is 0 Å². The van der Waals surface area contributed by atoms with Crippen LogP contribution in [0.1, 0.15) is 55.5 Å². The van der Waals surface area contributed by atoms with Crippen molar-refractivity contribution < 1.29 is 18.6 Å². The number of halogens is 2. The zero-order chi connectivity index (χ0) is 20.3. The number of hydrogen-bond acceptors (Lipinski definition) is 2. The van der Waals surface area contributed by atoms with E-state index in [9.17, 15) is 18.6 Å². The number of carbonyl (C=O) groups is 2. The van der Waals surface area contributed by atoms with Crippen LogP contribution in [0, 0.1) is 13.8 Å². The van der Waals surface area contributed by atoms with Crippen LogP contribution >= 0.6 is 0 Å². The van der Waals surface area contributed by atoms with Crippen molar-refractivity contribution in [3.05, 3.63) is 69.3 Å². The standard InChI is InChI=1S/C21H24F2N2O2/c1-6-16-11-19(21(27)25(5)23)17(12-18(16)20(26)24(4)22)10-15-8-13(2)7-14(3)9-15/h7-9,11-12H,6,10H2,1-5H3. The van der Waals surface area contributed by atoms with Crippen molar-refractivity contribution in [1.82, 2.24) is 10.2 Å². The van der Waals surface area contributed by atoms with Gasteiger partial charge in [-0.2, -0.15) is 10.2 Å². The summed E-state index contributed by atoms with van der Waals surface area (Å²) < 4.78 is 27.1. The minimum absolute atomic E-state index is 0.0118. The first-order valence-corrected chi connectivity index (χ1v) is 8.74. The highest BCUT2D eigenvalue weighted by atomic mass is 19.2. The van der Waals surface area contributed by atoms with Crippen molar-refractivity contribution >= 4 is 11.8 Å². The molecule has 2 amide bonds. The molecule has 0 radical (unpaired) electrons. The van der Waals surface area contributed by atoms with Gasteiger partial charge in [-0.1, -0.05) is 45.2 Å². The highest BCUT2D eigenvalue weighted by Crippen LogP contribution is 2.24. The molecule has 0 spiro atoms. The van der Waals surface area contributed by atoms with E-state index in [1.54, 1.807) is 6.92 Å². The molecule has 2 rings (SSSR count). The third-order valence-corrected chi connectivity index (χ3v) is 4.41. The Morgan fingerprint density at radius 1 is 0.815 bits per heavy atom. The normalized spacial score (nSPS) is 10.6. The van der Waals surface area contributed by atoms with Gasteiger partial charge in [0, 0.05) is 25.2 Å². The molecule has 27 heavy (non-hydrogen) atoms. The first-order valence-electron chi connectivity index (χ1n) is 8.74. The summed E-state index contributed by atoms with van der Waals surface area (Å²) >= 11 is 0. The molecule has 0 aliphatic heterocycles. The Balaban J connectivity index is 2.65. The SMILES string of the molecule is CCc1cc(C(=O)N(C)F)c(Cc2cc(C)cc(C)c2)cc1C(=O)N(C)F. The summed E-state index contributed by atoms with van der Waals surface area (Å²) in [6.07, 6.45) is 0.743. The number of rotatable bonds is 5. The molecule has 6 heteroatoms. The molecule has 0 heterocycles. The second kappa shape index (κ2) is 8.29. The van der Waals surface area contributed by atoms with E-state index in [1.165, 1.54) is 12.1 Å². The average Bonchev–Trinajstić information content (AvgIpc) is 2.59. The lowest BCUT2D eigenvalue weighted by atomic mass is 9.91. The maximum Gasteiger partial charge on any atom is 0.281 e. The molecule has 0 aromatic heterocycles. The molecule has 0 saturated heterocycles. The fraction of sp³-hybridized carbons (Fsp3) is 0.333. The molecule has 0 N–H and O–H groups in total. The maximum absolute atomic E-state index is 13.6. The summed E-state index contributed by atoms with van der Waals surface area (Å²) in [4.78, 5) is 24.6. The maximum atomic E-state index is 13.6. The van der Waals surface area contributed by atoms with Crippen LogP contribution in [0.5, 0.6) is 0 Å². The van der Waals surface area contributed by atoms with E-state index in [0.717, 1.165) is 30.8 Å². The molecule has 2 aromatic carbocycles. The summed E-state index contributed by atoms with van der Waals surface area (Å²) in [7, 11) is 2.06. The summed E-state index contributed by atoms with van der Waals surface area (Å²) in [5.41, 5.74) is 4.39. The molecule has 0 atom stereocenters. The van der Waals surface area contributed by atoms with Gasteiger partial charge >= 0.3 is 0 Å².